The van der Waals surface area contributed by atoms with Crippen LogP contribution in [-0.4, -0.2) is 51.2 Å². The average molecular weight is 389 g/mol. The van der Waals surface area contributed by atoms with Gasteiger partial charge in [0.25, 0.3) is 0 Å². The summed E-state index contributed by atoms with van der Waals surface area (Å²) in [6.45, 7) is 10.6. The largest absolute Gasteiger partial charge is 0.458 e. The van der Waals surface area contributed by atoms with E-state index in [-0.39, 0.29) is 12.6 Å². The van der Waals surface area contributed by atoms with Crippen molar-refractivity contribution in [3.63, 3.8) is 0 Å². The van der Waals surface area contributed by atoms with Crippen LogP contribution in [-0.2, 0) is 23.7 Å². The Morgan fingerprint density at radius 1 is 0.630 bits per heavy atom. The van der Waals surface area contributed by atoms with E-state index in [4.69, 9.17) is 18.9 Å². The zero-order valence-corrected chi connectivity index (χ0v) is 18.4. The minimum Gasteiger partial charge on any atom is -0.458 e. The molecule has 0 saturated carbocycles. The maximum Gasteiger partial charge on any atom is 0.332 e. The highest BCUT2D eigenvalue weighted by molar-refractivity contribution is 5.71. The van der Waals surface area contributed by atoms with Crippen LogP contribution in [0.2, 0.25) is 0 Å². The van der Waals surface area contributed by atoms with Crippen molar-refractivity contribution in [2.24, 2.45) is 0 Å². The molecule has 162 valence electrons. The Morgan fingerprint density at radius 3 is 1.59 bits per heavy atom. The molecular weight excluding hydrogens is 344 g/mol. The molecule has 0 N–H and O–H groups in total. The minimum atomic E-state index is -0.470. The van der Waals surface area contributed by atoms with Crippen LogP contribution in [0.4, 0.5) is 0 Å². The molecule has 0 saturated heterocycles. The average Bonchev–Trinajstić information content (AvgIpc) is 2.59. The zero-order valence-electron chi connectivity index (χ0n) is 18.4. The first-order valence-corrected chi connectivity index (χ1v) is 10.9. The fraction of sp³-hybridized carbons (Fsp3) is 0.955. The van der Waals surface area contributed by atoms with Crippen molar-refractivity contribution >= 4 is 5.97 Å². The molecule has 0 rings (SSSR count). The molecule has 0 unspecified atom stereocenters. The Kier molecular flexibility index (Phi) is 18.3. The van der Waals surface area contributed by atoms with Crippen molar-refractivity contribution in [3.8, 4) is 0 Å². The molecule has 0 heterocycles. The number of carbonyl (C=O) groups is 1. The molecular formula is C22H44O5. The molecule has 0 aromatic rings. The summed E-state index contributed by atoms with van der Waals surface area (Å²) in [5.41, 5.74) is -0.470. The second-order valence-corrected chi connectivity index (χ2v) is 8.05. The van der Waals surface area contributed by atoms with Gasteiger partial charge in [0.15, 0.2) is 0 Å². The van der Waals surface area contributed by atoms with Gasteiger partial charge in [-0.15, -0.1) is 0 Å². The molecule has 5 heteroatoms. The normalized spacial score (nSPS) is 11.7. The highest BCUT2D eigenvalue weighted by atomic mass is 16.6. The van der Waals surface area contributed by atoms with Crippen molar-refractivity contribution in [1.82, 2.24) is 0 Å². The van der Waals surface area contributed by atoms with E-state index in [0.717, 1.165) is 13.0 Å². The monoisotopic (exact) mass is 388 g/mol. The number of ether oxygens (including phenoxy) is 4. The predicted octanol–water partition coefficient (Wildman–Crippen LogP) is 5.30. The van der Waals surface area contributed by atoms with Crippen LogP contribution in [0.25, 0.3) is 0 Å². The minimum absolute atomic E-state index is 0.0319. The number of hydrogen-bond donors (Lipinski definition) is 0. The van der Waals surface area contributed by atoms with Gasteiger partial charge in [0.2, 0.25) is 0 Å². The third-order valence-electron chi connectivity index (χ3n) is 4.03. The number of unbranched alkanes of at least 4 members (excludes halogenated alkanes) is 9. The van der Waals surface area contributed by atoms with Crippen molar-refractivity contribution in [3.05, 3.63) is 0 Å². The Bertz CT molecular complexity index is 325. The fourth-order valence-corrected chi connectivity index (χ4v) is 2.66. The second-order valence-electron chi connectivity index (χ2n) is 8.05. The molecule has 0 amide bonds. The van der Waals surface area contributed by atoms with E-state index in [1.54, 1.807) is 0 Å². The summed E-state index contributed by atoms with van der Waals surface area (Å²) in [6, 6.07) is 0. The standard InChI is InChI=1S/C22H44O5/c1-5-6-7-8-9-10-11-12-13-14-15-24-16-17-25-18-19-26-20-21(23)27-22(2,3)4/h5-20H2,1-4H3. The Labute approximate surface area is 167 Å². The lowest BCUT2D eigenvalue weighted by Crippen LogP contribution is -2.27. The highest BCUT2D eigenvalue weighted by Crippen LogP contribution is 2.10. The maximum absolute atomic E-state index is 11.4. The van der Waals surface area contributed by atoms with Crippen LogP contribution in [0.15, 0.2) is 0 Å². The van der Waals surface area contributed by atoms with Crippen LogP contribution in [0.1, 0.15) is 91.9 Å². The quantitative estimate of drug-likeness (QED) is 0.222. The first kappa shape index (κ1) is 26.4. The number of carbonyl (C=O) groups excluding carboxylic acids is 1. The van der Waals surface area contributed by atoms with Gasteiger partial charge < -0.3 is 18.9 Å². The Hall–Kier alpha value is -0.650. The molecule has 0 bridgehead atoms. The van der Waals surface area contributed by atoms with Crippen LogP contribution in [0, 0.1) is 0 Å². The molecule has 0 aromatic heterocycles. The molecule has 5 nitrogen and oxygen atoms in total. The molecule has 0 aliphatic rings. The van der Waals surface area contributed by atoms with E-state index in [9.17, 15) is 4.79 Å². The molecule has 0 radical (unpaired) electrons. The Balaban J connectivity index is 3.12. The summed E-state index contributed by atoms with van der Waals surface area (Å²) < 4.78 is 21.3. The first-order chi connectivity index (χ1) is 13.0. The van der Waals surface area contributed by atoms with Crippen molar-refractivity contribution in [2.75, 3.05) is 39.6 Å². The van der Waals surface area contributed by atoms with E-state index in [2.05, 4.69) is 6.92 Å². The van der Waals surface area contributed by atoms with Crippen molar-refractivity contribution in [2.45, 2.75) is 97.5 Å². The molecule has 0 aliphatic carbocycles. The molecule has 0 fully saturated rings. The van der Waals surface area contributed by atoms with E-state index < -0.39 is 5.60 Å². The summed E-state index contributed by atoms with van der Waals surface area (Å²) in [7, 11) is 0. The lowest BCUT2D eigenvalue weighted by atomic mass is 10.1. The molecule has 0 atom stereocenters. The van der Waals surface area contributed by atoms with E-state index in [1.165, 1.54) is 57.8 Å². The van der Waals surface area contributed by atoms with Gasteiger partial charge in [-0.25, -0.2) is 4.79 Å². The van der Waals surface area contributed by atoms with E-state index >= 15 is 0 Å². The third kappa shape index (κ3) is 23.3. The number of esters is 1. The van der Waals surface area contributed by atoms with Gasteiger partial charge >= 0.3 is 5.97 Å². The molecule has 0 aromatic carbocycles. The maximum atomic E-state index is 11.4. The summed E-state index contributed by atoms with van der Waals surface area (Å²) in [5, 5.41) is 0. The number of rotatable bonds is 19. The van der Waals surface area contributed by atoms with E-state index in [1.807, 2.05) is 20.8 Å². The van der Waals surface area contributed by atoms with Gasteiger partial charge in [0.05, 0.1) is 26.4 Å². The highest BCUT2D eigenvalue weighted by Gasteiger charge is 2.15. The van der Waals surface area contributed by atoms with Crippen LogP contribution in [0.5, 0.6) is 0 Å². The zero-order chi connectivity index (χ0) is 20.2. The SMILES string of the molecule is CCCCCCCCCCCCOCCOCCOCC(=O)OC(C)(C)C. The summed E-state index contributed by atoms with van der Waals surface area (Å²) >= 11 is 0. The fourth-order valence-electron chi connectivity index (χ4n) is 2.66. The number of hydrogen-bond acceptors (Lipinski definition) is 5. The molecule has 0 aliphatic heterocycles. The third-order valence-corrected chi connectivity index (χ3v) is 4.03. The summed E-state index contributed by atoms with van der Waals surface area (Å²) in [4.78, 5) is 11.4. The van der Waals surface area contributed by atoms with Crippen molar-refractivity contribution in [1.29, 1.82) is 0 Å². The van der Waals surface area contributed by atoms with Crippen LogP contribution >= 0.6 is 0 Å². The summed E-state index contributed by atoms with van der Waals surface area (Å²) in [6.07, 6.45) is 13.4. The van der Waals surface area contributed by atoms with E-state index in [0.29, 0.717) is 26.4 Å². The summed E-state index contributed by atoms with van der Waals surface area (Å²) in [5.74, 6) is -0.345. The van der Waals surface area contributed by atoms with Gasteiger partial charge in [-0.2, -0.15) is 0 Å². The van der Waals surface area contributed by atoms with Gasteiger partial charge in [-0.1, -0.05) is 64.7 Å². The van der Waals surface area contributed by atoms with Gasteiger partial charge in [-0.05, 0) is 27.2 Å². The lowest BCUT2D eigenvalue weighted by Gasteiger charge is -2.19. The van der Waals surface area contributed by atoms with Crippen LogP contribution < -0.4 is 0 Å². The first-order valence-electron chi connectivity index (χ1n) is 10.9. The molecule has 0 spiro atoms. The smallest absolute Gasteiger partial charge is 0.332 e. The van der Waals surface area contributed by atoms with Gasteiger partial charge in [-0.3, -0.25) is 0 Å². The van der Waals surface area contributed by atoms with Gasteiger partial charge in [0, 0.05) is 6.61 Å². The second kappa shape index (κ2) is 18.7. The topological polar surface area (TPSA) is 54.0 Å². The van der Waals surface area contributed by atoms with Gasteiger partial charge in [0.1, 0.15) is 12.2 Å². The predicted molar refractivity (Wildman–Crippen MR) is 110 cm³/mol. The lowest BCUT2D eigenvalue weighted by molar-refractivity contribution is -0.160. The Morgan fingerprint density at radius 2 is 1.07 bits per heavy atom. The van der Waals surface area contributed by atoms with Crippen molar-refractivity contribution < 1.29 is 23.7 Å². The molecule has 27 heavy (non-hydrogen) atoms. The van der Waals surface area contributed by atoms with Crippen LogP contribution in [0.3, 0.4) is 0 Å².